The van der Waals surface area contributed by atoms with E-state index in [0.717, 1.165) is 31.3 Å². The first-order valence-electron chi connectivity index (χ1n) is 24.6. The van der Waals surface area contributed by atoms with Gasteiger partial charge in [0.1, 0.15) is 84.8 Å². The molecule has 1 spiro atoms. The Morgan fingerprint density at radius 3 is 1.72 bits per heavy atom. The van der Waals surface area contributed by atoms with Crippen LogP contribution in [-0.2, 0) is 38.0 Å². The molecule has 4 heterocycles. The zero-order valence-corrected chi connectivity index (χ0v) is 39.8. The molecule has 0 aromatic rings. The Morgan fingerprint density at radius 1 is 0.603 bits per heavy atom. The quantitative estimate of drug-likeness (QED) is 0.0646. The lowest BCUT2D eigenvalue weighted by Crippen LogP contribution is -2.69. The lowest BCUT2D eigenvalue weighted by Gasteiger charge is -2.71. The fraction of sp³-hybridized carbons (Fsp3) is 0.938. The van der Waals surface area contributed by atoms with Gasteiger partial charge >= 0.3 is 5.97 Å². The van der Waals surface area contributed by atoms with Gasteiger partial charge in [0.15, 0.2) is 18.9 Å². The molecule has 0 aromatic heterocycles. The van der Waals surface area contributed by atoms with E-state index in [1.165, 1.54) is 0 Å². The maximum atomic E-state index is 14.5. The third-order valence-electron chi connectivity index (χ3n) is 20.0. The Labute approximate surface area is 396 Å². The number of ether oxygens (including phenoxy) is 7. The van der Waals surface area contributed by atoms with Gasteiger partial charge < -0.3 is 94.4 Å². The van der Waals surface area contributed by atoms with Crippen LogP contribution in [0.4, 0.5) is 0 Å². The molecule has 0 amide bonds. The van der Waals surface area contributed by atoms with Crippen molar-refractivity contribution < 1.29 is 99.2 Å². The zero-order chi connectivity index (χ0) is 49.4. The van der Waals surface area contributed by atoms with Crippen molar-refractivity contribution in [2.45, 2.75) is 203 Å². The third-order valence-corrected chi connectivity index (χ3v) is 20.0. The molecule has 20 heteroatoms. The highest BCUT2D eigenvalue weighted by Crippen LogP contribution is 2.77. The number of rotatable bonds is 10. The summed E-state index contributed by atoms with van der Waals surface area (Å²) in [6.07, 6.45) is -18.3. The van der Waals surface area contributed by atoms with Crippen molar-refractivity contribution in [3.05, 3.63) is 11.6 Å². The summed E-state index contributed by atoms with van der Waals surface area (Å²) in [4.78, 5) is 14.5. The molecule has 9 rings (SSSR count). The summed E-state index contributed by atoms with van der Waals surface area (Å²) < 4.78 is 42.8. The van der Waals surface area contributed by atoms with Gasteiger partial charge in [0.25, 0.3) is 0 Å². The highest BCUT2D eigenvalue weighted by Gasteiger charge is 2.76. The molecule has 2 bridgehead atoms. The van der Waals surface area contributed by atoms with E-state index < -0.39 is 164 Å². The Bertz CT molecular complexity index is 1900. The van der Waals surface area contributed by atoms with Gasteiger partial charge in [-0.05, 0) is 84.4 Å². The van der Waals surface area contributed by atoms with Crippen molar-refractivity contribution >= 4 is 5.97 Å². The van der Waals surface area contributed by atoms with Gasteiger partial charge in [0, 0.05) is 11.8 Å². The molecule has 0 aromatic carbocycles. The van der Waals surface area contributed by atoms with Crippen molar-refractivity contribution in [3.63, 3.8) is 0 Å². The number of fused-ring (bicyclic) bond motifs is 7. The molecule has 68 heavy (non-hydrogen) atoms. The lowest BCUT2D eigenvalue weighted by atomic mass is 9.33. The molecule has 12 N–H and O–H groups in total. The van der Waals surface area contributed by atoms with Crippen molar-refractivity contribution in [1.82, 2.24) is 0 Å². The van der Waals surface area contributed by atoms with Crippen LogP contribution < -0.4 is 0 Å². The summed E-state index contributed by atoms with van der Waals surface area (Å²) in [5.41, 5.74) is -2.55. The number of aliphatic hydroxyl groups is 12. The van der Waals surface area contributed by atoms with Crippen molar-refractivity contribution in [2.24, 2.45) is 50.2 Å². The highest BCUT2D eigenvalue weighted by atomic mass is 16.7. The van der Waals surface area contributed by atoms with E-state index in [9.17, 15) is 66.1 Å². The fourth-order valence-corrected chi connectivity index (χ4v) is 15.7. The van der Waals surface area contributed by atoms with Crippen LogP contribution >= 0.6 is 0 Å². The summed E-state index contributed by atoms with van der Waals surface area (Å²) in [7, 11) is 0. The number of carbonyl (C=O) groups excluding carboxylic acids is 1. The van der Waals surface area contributed by atoms with Gasteiger partial charge in [-0.2, -0.15) is 0 Å². The topological polar surface area (TPSA) is 324 Å². The summed E-state index contributed by atoms with van der Waals surface area (Å²) in [5.74, 6) is -0.642. The molecule has 20 nitrogen and oxygen atoms in total. The highest BCUT2D eigenvalue weighted by molar-refractivity contribution is 5.82. The van der Waals surface area contributed by atoms with Crippen LogP contribution in [0.2, 0.25) is 0 Å². The second-order valence-electron chi connectivity index (χ2n) is 23.5. The minimum Gasteiger partial charge on any atom is -0.461 e. The minimum atomic E-state index is -1.79. The summed E-state index contributed by atoms with van der Waals surface area (Å²) in [6, 6.07) is 0. The van der Waals surface area contributed by atoms with Crippen molar-refractivity contribution in [1.29, 1.82) is 0 Å². The number of hydrogen-bond acceptors (Lipinski definition) is 20. The molecule has 26 atom stereocenters. The average molecular weight is 973 g/mol. The maximum absolute atomic E-state index is 14.5. The second-order valence-corrected chi connectivity index (χ2v) is 23.5. The molecular weight excluding hydrogens is 897 g/mol. The first-order valence-corrected chi connectivity index (χ1v) is 24.6. The SMILES string of the molecule is CC1(CO)CC2C3=CCC4C5(C)CCC(OC6OC(CO)C(OC7OC(CO)C(O)C(O)C7O)C(O)C6O)C(C)(C)C5CCC4(C)C3(C)CC(OC3OC(CO)C(O)C(O)C3O)C23CC1OC3=O. The first kappa shape index (κ1) is 51.4. The van der Waals surface area contributed by atoms with Crippen LogP contribution in [0.1, 0.15) is 92.9 Å². The van der Waals surface area contributed by atoms with E-state index in [0.29, 0.717) is 19.3 Å². The van der Waals surface area contributed by atoms with Crippen LogP contribution in [0.15, 0.2) is 11.6 Å². The fourth-order valence-electron chi connectivity index (χ4n) is 15.7. The van der Waals surface area contributed by atoms with Gasteiger partial charge in [0.2, 0.25) is 0 Å². The monoisotopic (exact) mass is 972 g/mol. The van der Waals surface area contributed by atoms with Gasteiger partial charge in [0.05, 0.1) is 38.6 Å². The predicted molar refractivity (Wildman–Crippen MR) is 231 cm³/mol. The molecule has 8 fully saturated rings. The van der Waals surface area contributed by atoms with E-state index in [4.69, 9.17) is 33.2 Å². The Hall–Kier alpha value is -1.51. The molecule has 26 unspecified atom stereocenters. The molecule has 388 valence electrons. The summed E-state index contributed by atoms with van der Waals surface area (Å²) in [6.45, 7) is 10.9. The molecule has 4 aliphatic heterocycles. The molecule has 9 aliphatic rings. The van der Waals surface area contributed by atoms with Crippen molar-refractivity contribution in [2.75, 3.05) is 26.4 Å². The number of carbonyl (C=O) groups is 1. The van der Waals surface area contributed by atoms with Crippen LogP contribution in [0.5, 0.6) is 0 Å². The standard InChI is InChI=1S/C48H76O20/c1-43(2)25-9-12-46(5)26(45(25,4)11-10-27(43)65-40-37(60)34(57)38(24(18-51)64-40)68-41-36(59)33(56)31(54)23(17-50)63-41)8-7-20-21-13-44(3,19-52)28-15-48(21,42(61)67-28)29(14-47(20,46)6)66-39-35(58)32(55)30(53)22(16-49)62-39/h7,21-41,49-60H,8-19H2,1-6H3. The molecular formula is C48H76O20. The molecule has 4 saturated carbocycles. The normalized spacial score (nSPS) is 56.4. The molecule has 0 radical (unpaired) electrons. The Kier molecular flexibility index (Phi) is 13.5. The summed E-state index contributed by atoms with van der Waals surface area (Å²) >= 11 is 0. The number of esters is 1. The van der Waals surface area contributed by atoms with E-state index in [1.54, 1.807) is 0 Å². The largest absolute Gasteiger partial charge is 0.461 e. The lowest BCUT2D eigenvalue weighted by molar-refractivity contribution is -0.368. The first-order chi connectivity index (χ1) is 31.9. The minimum absolute atomic E-state index is 0.0842. The van der Waals surface area contributed by atoms with E-state index in [-0.39, 0.29) is 35.7 Å². The van der Waals surface area contributed by atoms with Gasteiger partial charge in [-0.3, -0.25) is 4.79 Å². The smallest absolute Gasteiger partial charge is 0.315 e. The zero-order valence-electron chi connectivity index (χ0n) is 39.8. The van der Waals surface area contributed by atoms with Crippen LogP contribution in [-0.4, -0.2) is 204 Å². The van der Waals surface area contributed by atoms with E-state index >= 15 is 0 Å². The Morgan fingerprint density at radius 2 is 1.15 bits per heavy atom. The predicted octanol–water partition coefficient (Wildman–Crippen LogP) is -1.90. The second kappa shape index (κ2) is 17.9. The van der Waals surface area contributed by atoms with Crippen LogP contribution in [0, 0.1) is 50.2 Å². The van der Waals surface area contributed by atoms with Crippen LogP contribution in [0.3, 0.4) is 0 Å². The maximum Gasteiger partial charge on any atom is 0.315 e. The average Bonchev–Trinajstić information content (AvgIpc) is 3.62. The number of aliphatic hydroxyl groups excluding tert-OH is 12. The van der Waals surface area contributed by atoms with E-state index in [2.05, 4.69) is 40.7 Å². The van der Waals surface area contributed by atoms with Gasteiger partial charge in [-0.1, -0.05) is 53.2 Å². The van der Waals surface area contributed by atoms with Gasteiger partial charge in [-0.15, -0.1) is 0 Å². The van der Waals surface area contributed by atoms with Crippen molar-refractivity contribution in [3.8, 4) is 0 Å². The van der Waals surface area contributed by atoms with Crippen LogP contribution in [0.25, 0.3) is 0 Å². The molecule has 4 saturated heterocycles. The third kappa shape index (κ3) is 7.32. The number of allylic oxidation sites excluding steroid dienone is 2. The number of hydrogen-bond donors (Lipinski definition) is 12. The van der Waals surface area contributed by atoms with E-state index in [1.807, 2.05) is 6.92 Å². The Balaban J connectivity index is 0.973. The molecule has 5 aliphatic carbocycles. The summed E-state index contributed by atoms with van der Waals surface area (Å²) in [5, 5.41) is 128. The van der Waals surface area contributed by atoms with Gasteiger partial charge in [-0.25, -0.2) is 0 Å².